The van der Waals surface area contributed by atoms with Crippen molar-refractivity contribution in [3.63, 3.8) is 0 Å². The van der Waals surface area contributed by atoms with Gasteiger partial charge in [0.1, 0.15) is 6.54 Å². The van der Waals surface area contributed by atoms with Gasteiger partial charge in [0.2, 0.25) is 11.8 Å². The molecule has 0 radical (unpaired) electrons. The molecule has 0 bridgehead atoms. The number of nitrogens with zero attached hydrogens (tertiary/aromatic N) is 1. The number of amides is 2. The number of carbonyl (C=O) groups is 3. The smallest absolute Gasteiger partial charge is 0.339 e. The number of hydrogen-bond acceptors (Lipinski definition) is 4. The molecule has 6 heteroatoms. The summed E-state index contributed by atoms with van der Waals surface area (Å²) in [7, 11) is 1.26. The van der Waals surface area contributed by atoms with Crippen LogP contribution in [0.25, 0.3) is 0 Å². The van der Waals surface area contributed by atoms with Crippen molar-refractivity contribution in [2.75, 3.05) is 23.9 Å². The molecule has 0 spiro atoms. The summed E-state index contributed by atoms with van der Waals surface area (Å²) in [6, 6.07) is 15.4. The van der Waals surface area contributed by atoms with E-state index >= 15 is 0 Å². The highest BCUT2D eigenvalue weighted by Gasteiger charge is 2.21. The zero-order valence-corrected chi connectivity index (χ0v) is 13.5. The molecule has 2 aromatic carbocycles. The predicted octanol–water partition coefficient (Wildman–Crippen LogP) is 2.46. The Kier molecular flexibility index (Phi) is 5.68. The number of esters is 1. The van der Waals surface area contributed by atoms with Crippen LogP contribution in [0.1, 0.15) is 17.3 Å². The van der Waals surface area contributed by atoms with Crippen LogP contribution in [0, 0.1) is 0 Å². The van der Waals surface area contributed by atoms with Gasteiger partial charge >= 0.3 is 5.97 Å². The summed E-state index contributed by atoms with van der Waals surface area (Å²) in [6.07, 6.45) is 0. The van der Waals surface area contributed by atoms with Crippen LogP contribution in [0.3, 0.4) is 0 Å². The van der Waals surface area contributed by atoms with E-state index in [-0.39, 0.29) is 23.9 Å². The van der Waals surface area contributed by atoms with Crippen LogP contribution in [0.2, 0.25) is 0 Å². The molecule has 6 nitrogen and oxygen atoms in total. The molecule has 2 amide bonds. The number of carbonyl (C=O) groups excluding carboxylic acids is 3. The minimum atomic E-state index is -0.569. The molecule has 0 saturated carbocycles. The van der Waals surface area contributed by atoms with Crippen LogP contribution in [-0.2, 0) is 14.3 Å². The van der Waals surface area contributed by atoms with Gasteiger partial charge in [0.15, 0.2) is 0 Å². The minimum absolute atomic E-state index is 0.210. The zero-order chi connectivity index (χ0) is 17.5. The Morgan fingerprint density at radius 3 is 2.25 bits per heavy atom. The first kappa shape index (κ1) is 17.2. The second-order valence-electron chi connectivity index (χ2n) is 5.03. The highest BCUT2D eigenvalue weighted by molar-refractivity contribution is 6.06. The number of para-hydroxylation sites is 2. The van der Waals surface area contributed by atoms with Crippen molar-refractivity contribution >= 4 is 29.2 Å². The second kappa shape index (κ2) is 7.92. The molecule has 0 fully saturated rings. The lowest BCUT2D eigenvalue weighted by molar-refractivity contribution is -0.120. The van der Waals surface area contributed by atoms with E-state index in [1.54, 1.807) is 48.5 Å². The topological polar surface area (TPSA) is 75.7 Å². The summed E-state index contributed by atoms with van der Waals surface area (Å²) in [5, 5.41) is 2.71. The quantitative estimate of drug-likeness (QED) is 0.857. The van der Waals surface area contributed by atoms with Gasteiger partial charge in [0.25, 0.3) is 0 Å². The first-order valence-electron chi connectivity index (χ1n) is 7.33. The zero-order valence-electron chi connectivity index (χ0n) is 13.5. The molecule has 0 aliphatic carbocycles. The number of rotatable bonds is 5. The van der Waals surface area contributed by atoms with Crippen molar-refractivity contribution in [3.05, 3.63) is 60.2 Å². The second-order valence-corrected chi connectivity index (χ2v) is 5.03. The van der Waals surface area contributed by atoms with E-state index in [4.69, 9.17) is 4.74 Å². The number of hydrogen-bond donors (Lipinski definition) is 1. The normalized spacial score (nSPS) is 9.92. The van der Waals surface area contributed by atoms with Crippen LogP contribution >= 0.6 is 0 Å². The third kappa shape index (κ3) is 4.19. The molecular weight excluding hydrogens is 308 g/mol. The molecule has 2 aromatic rings. The lowest BCUT2D eigenvalue weighted by Crippen LogP contribution is -2.37. The number of benzene rings is 2. The van der Waals surface area contributed by atoms with Crippen molar-refractivity contribution < 1.29 is 19.1 Å². The summed E-state index contributed by atoms with van der Waals surface area (Å²) >= 11 is 0. The van der Waals surface area contributed by atoms with E-state index in [2.05, 4.69) is 5.32 Å². The fourth-order valence-corrected chi connectivity index (χ4v) is 2.22. The van der Waals surface area contributed by atoms with Crippen LogP contribution in [0.4, 0.5) is 11.4 Å². The monoisotopic (exact) mass is 326 g/mol. The van der Waals surface area contributed by atoms with Crippen molar-refractivity contribution in [2.45, 2.75) is 6.92 Å². The van der Waals surface area contributed by atoms with Crippen LogP contribution < -0.4 is 10.2 Å². The summed E-state index contributed by atoms with van der Waals surface area (Å²) < 4.78 is 4.73. The summed E-state index contributed by atoms with van der Waals surface area (Å²) in [5.74, 6) is -1.29. The van der Waals surface area contributed by atoms with Gasteiger partial charge in [-0.1, -0.05) is 30.3 Å². The van der Waals surface area contributed by atoms with Gasteiger partial charge in [-0.3, -0.25) is 9.59 Å². The van der Waals surface area contributed by atoms with E-state index < -0.39 is 5.97 Å². The van der Waals surface area contributed by atoms with Gasteiger partial charge in [0.05, 0.1) is 18.4 Å². The highest BCUT2D eigenvalue weighted by atomic mass is 16.5. The molecule has 0 heterocycles. The molecule has 0 unspecified atom stereocenters. The Bertz CT molecular complexity index is 744. The lowest BCUT2D eigenvalue weighted by Gasteiger charge is -2.22. The molecular formula is C18H18N2O4. The molecule has 1 N–H and O–H groups in total. The molecule has 0 aliphatic heterocycles. The average molecular weight is 326 g/mol. The summed E-state index contributed by atoms with van der Waals surface area (Å²) in [6.45, 7) is 1.13. The summed E-state index contributed by atoms with van der Waals surface area (Å²) in [5.41, 5.74) is 1.19. The van der Waals surface area contributed by atoms with Crippen molar-refractivity contribution in [1.29, 1.82) is 0 Å². The highest BCUT2D eigenvalue weighted by Crippen LogP contribution is 2.21. The largest absolute Gasteiger partial charge is 0.465 e. The first-order valence-corrected chi connectivity index (χ1v) is 7.33. The Balaban J connectivity index is 2.23. The maximum absolute atomic E-state index is 12.2. The van der Waals surface area contributed by atoms with E-state index in [1.807, 2.05) is 6.07 Å². The van der Waals surface area contributed by atoms with Gasteiger partial charge in [-0.05, 0) is 24.3 Å². The lowest BCUT2D eigenvalue weighted by atomic mass is 10.1. The molecule has 0 aliphatic rings. The maximum atomic E-state index is 12.2. The molecule has 0 aromatic heterocycles. The van der Waals surface area contributed by atoms with E-state index in [9.17, 15) is 14.4 Å². The Hall–Kier alpha value is -3.15. The molecule has 24 heavy (non-hydrogen) atoms. The van der Waals surface area contributed by atoms with Crippen molar-refractivity contribution in [2.24, 2.45) is 0 Å². The fraction of sp³-hybridized carbons (Fsp3) is 0.167. The molecule has 0 saturated heterocycles. The van der Waals surface area contributed by atoms with Gasteiger partial charge in [0, 0.05) is 12.6 Å². The van der Waals surface area contributed by atoms with Gasteiger partial charge in [-0.2, -0.15) is 0 Å². The van der Waals surface area contributed by atoms with E-state index in [1.165, 1.54) is 18.9 Å². The number of ether oxygens (including phenoxy) is 1. The van der Waals surface area contributed by atoms with Crippen molar-refractivity contribution in [1.82, 2.24) is 0 Å². The van der Waals surface area contributed by atoms with E-state index in [0.29, 0.717) is 11.4 Å². The Morgan fingerprint density at radius 2 is 1.62 bits per heavy atom. The van der Waals surface area contributed by atoms with Crippen LogP contribution in [-0.4, -0.2) is 31.4 Å². The third-order valence-electron chi connectivity index (χ3n) is 3.34. The number of methoxy groups -OCH3 is 1. The fourth-order valence-electron chi connectivity index (χ4n) is 2.22. The van der Waals surface area contributed by atoms with Crippen molar-refractivity contribution in [3.8, 4) is 0 Å². The van der Waals surface area contributed by atoms with E-state index in [0.717, 1.165) is 0 Å². The Labute approximate surface area is 140 Å². The number of anilines is 2. The summed E-state index contributed by atoms with van der Waals surface area (Å²) in [4.78, 5) is 37.3. The Morgan fingerprint density at radius 1 is 1.00 bits per heavy atom. The van der Waals surface area contributed by atoms with Gasteiger partial charge in [-0.25, -0.2) is 4.79 Å². The van der Waals surface area contributed by atoms with Gasteiger partial charge < -0.3 is 15.0 Å². The molecule has 2 rings (SSSR count). The SMILES string of the molecule is COC(=O)c1ccccc1N(CC(=O)Nc1ccccc1)C(C)=O. The minimum Gasteiger partial charge on any atom is -0.465 e. The number of nitrogens with one attached hydrogen (secondary N) is 1. The third-order valence-corrected chi connectivity index (χ3v) is 3.34. The van der Waals surface area contributed by atoms with Gasteiger partial charge in [-0.15, -0.1) is 0 Å². The van der Waals surface area contributed by atoms with Crippen LogP contribution in [0.15, 0.2) is 54.6 Å². The molecule has 124 valence electrons. The van der Waals surface area contributed by atoms with Crippen LogP contribution in [0.5, 0.6) is 0 Å². The first-order chi connectivity index (χ1) is 11.5. The standard InChI is InChI=1S/C18H18N2O4/c1-13(21)20(12-17(22)19-14-8-4-3-5-9-14)16-11-7-6-10-15(16)18(23)24-2/h3-11H,12H2,1-2H3,(H,19,22). The maximum Gasteiger partial charge on any atom is 0.339 e. The predicted molar refractivity (Wildman–Crippen MR) is 90.9 cm³/mol. The average Bonchev–Trinajstić information content (AvgIpc) is 2.59. The molecule has 0 atom stereocenters.